The molecule has 1 aliphatic rings. The van der Waals surface area contributed by atoms with Crippen LogP contribution < -0.4 is 5.43 Å². The second-order valence-electron chi connectivity index (χ2n) is 7.85. The predicted octanol–water partition coefficient (Wildman–Crippen LogP) is 5.82. The first-order valence-corrected chi connectivity index (χ1v) is 11.6. The van der Waals surface area contributed by atoms with Crippen LogP contribution in [0.25, 0.3) is 10.3 Å². The van der Waals surface area contributed by atoms with Crippen LogP contribution in [0, 0.1) is 13.8 Å². The van der Waals surface area contributed by atoms with E-state index in [-0.39, 0.29) is 5.43 Å². The Morgan fingerprint density at radius 2 is 2.07 bits per heavy atom. The Labute approximate surface area is 174 Å². The molecule has 28 heavy (non-hydrogen) atoms. The molecular weight excluding hydrogens is 384 g/mol. The van der Waals surface area contributed by atoms with Gasteiger partial charge in [-0.1, -0.05) is 47.7 Å². The molecule has 2 aromatic heterocycles. The summed E-state index contributed by atoms with van der Waals surface area (Å²) in [6.45, 7) is 11.1. The van der Waals surface area contributed by atoms with Crippen molar-refractivity contribution in [3.8, 4) is 0 Å². The van der Waals surface area contributed by atoms with Crippen LogP contribution in [0.3, 0.4) is 0 Å². The molecule has 0 aliphatic heterocycles. The summed E-state index contributed by atoms with van der Waals surface area (Å²) in [6.07, 6.45) is 4.21. The molecule has 0 atom stereocenters. The first-order chi connectivity index (χ1) is 13.4. The van der Waals surface area contributed by atoms with E-state index in [2.05, 4.69) is 43.2 Å². The molecule has 4 rings (SSSR count). The molecule has 0 bridgehead atoms. The third kappa shape index (κ3) is 3.70. The van der Waals surface area contributed by atoms with E-state index in [1.54, 1.807) is 23.1 Å². The quantitative estimate of drug-likeness (QED) is 0.392. The van der Waals surface area contributed by atoms with Gasteiger partial charge in [0.05, 0.1) is 0 Å². The number of imidazole rings is 1. The van der Waals surface area contributed by atoms with E-state index in [1.807, 2.05) is 6.92 Å². The highest BCUT2D eigenvalue weighted by Crippen LogP contribution is 2.33. The maximum atomic E-state index is 13.1. The van der Waals surface area contributed by atoms with Crippen molar-refractivity contribution in [2.24, 2.45) is 0 Å². The lowest BCUT2D eigenvalue weighted by Gasteiger charge is -2.14. The van der Waals surface area contributed by atoms with Crippen LogP contribution in [0.5, 0.6) is 0 Å². The van der Waals surface area contributed by atoms with Gasteiger partial charge in [0, 0.05) is 22.7 Å². The number of fused-ring (bicyclic) bond motifs is 2. The lowest BCUT2D eigenvalue weighted by atomic mass is 9.98. The summed E-state index contributed by atoms with van der Waals surface area (Å²) < 4.78 is 2.20. The minimum absolute atomic E-state index is 0.150. The van der Waals surface area contributed by atoms with Crippen LogP contribution >= 0.6 is 23.1 Å². The van der Waals surface area contributed by atoms with Crippen molar-refractivity contribution in [2.45, 2.75) is 63.9 Å². The lowest BCUT2D eigenvalue weighted by Crippen LogP contribution is -2.15. The Hall–Kier alpha value is -1.85. The topological polar surface area (TPSA) is 34.9 Å². The Morgan fingerprint density at radius 1 is 1.29 bits per heavy atom. The number of hydrogen-bond donors (Lipinski definition) is 0. The van der Waals surface area contributed by atoms with E-state index in [1.165, 1.54) is 28.0 Å². The number of allylic oxidation sites excluding steroid dienone is 1. The van der Waals surface area contributed by atoms with Gasteiger partial charge in [-0.05, 0) is 57.6 Å². The third-order valence-electron chi connectivity index (χ3n) is 5.30. The fourth-order valence-electron chi connectivity index (χ4n) is 3.83. The zero-order valence-corrected chi connectivity index (χ0v) is 18.4. The van der Waals surface area contributed by atoms with Crippen molar-refractivity contribution in [1.82, 2.24) is 9.55 Å². The van der Waals surface area contributed by atoms with Crippen molar-refractivity contribution >= 4 is 33.4 Å². The number of aryl methyl sites for hydroxylation is 3. The fraction of sp³-hybridized carbons (Fsp3) is 0.391. The standard InChI is InChI=1S/C23H26N2OS2/c1-14(2)12-25-22-20(21(26)18-7-5-6-8-19(18)28-22)24-23(25)27-13-17-10-9-15(3)11-16(17)4/h9-11H,1,5-8,12-13H2,2-4H3. The summed E-state index contributed by atoms with van der Waals surface area (Å²) in [7, 11) is 0. The van der Waals surface area contributed by atoms with Crippen LogP contribution in [-0.2, 0) is 25.1 Å². The maximum absolute atomic E-state index is 13.1. The largest absolute Gasteiger partial charge is 0.306 e. The highest BCUT2D eigenvalue weighted by atomic mass is 32.2. The number of benzene rings is 1. The van der Waals surface area contributed by atoms with Crippen LogP contribution in [0.1, 0.15) is 46.9 Å². The van der Waals surface area contributed by atoms with Gasteiger partial charge in [-0.3, -0.25) is 4.79 Å². The Balaban J connectivity index is 1.77. The first-order valence-electron chi connectivity index (χ1n) is 9.82. The summed E-state index contributed by atoms with van der Waals surface area (Å²) in [5.74, 6) is 0.851. The van der Waals surface area contributed by atoms with E-state index >= 15 is 0 Å². The predicted molar refractivity (Wildman–Crippen MR) is 121 cm³/mol. The molecular formula is C23H26N2OS2. The summed E-state index contributed by atoms with van der Waals surface area (Å²) in [4.78, 5) is 20.2. The molecule has 0 spiro atoms. The third-order valence-corrected chi connectivity index (χ3v) is 7.62. The molecule has 3 nitrogen and oxygen atoms in total. The molecule has 146 valence electrons. The van der Waals surface area contributed by atoms with E-state index in [0.29, 0.717) is 12.1 Å². The highest BCUT2D eigenvalue weighted by molar-refractivity contribution is 7.98. The van der Waals surface area contributed by atoms with Crippen LogP contribution in [0.4, 0.5) is 0 Å². The van der Waals surface area contributed by atoms with Crippen molar-refractivity contribution in [1.29, 1.82) is 0 Å². The smallest absolute Gasteiger partial charge is 0.211 e. The monoisotopic (exact) mass is 410 g/mol. The molecule has 0 saturated carbocycles. The van der Waals surface area contributed by atoms with Crippen molar-refractivity contribution in [3.05, 3.63) is 67.7 Å². The van der Waals surface area contributed by atoms with Gasteiger partial charge >= 0.3 is 0 Å². The number of nitrogens with zero attached hydrogens (tertiary/aromatic N) is 2. The van der Waals surface area contributed by atoms with Crippen LogP contribution in [0.15, 0.2) is 40.3 Å². The zero-order valence-electron chi connectivity index (χ0n) is 16.8. The Morgan fingerprint density at radius 3 is 2.82 bits per heavy atom. The SMILES string of the molecule is C=C(C)Cn1c(SCc2ccc(C)cc2C)nc2c(=O)c3c(sc21)CCCC3. The average Bonchev–Trinajstić information content (AvgIpc) is 2.99. The molecule has 2 heterocycles. The highest BCUT2D eigenvalue weighted by Gasteiger charge is 2.21. The van der Waals surface area contributed by atoms with E-state index in [0.717, 1.165) is 46.1 Å². The second-order valence-corrected chi connectivity index (χ2v) is 9.88. The van der Waals surface area contributed by atoms with Crippen molar-refractivity contribution in [2.75, 3.05) is 0 Å². The van der Waals surface area contributed by atoms with E-state index < -0.39 is 0 Å². The molecule has 3 aromatic rings. The zero-order chi connectivity index (χ0) is 19.8. The van der Waals surface area contributed by atoms with E-state index in [9.17, 15) is 4.79 Å². The van der Waals surface area contributed by atoms with Crippen molar-refractivity contribution in [3.63, 3.8) is 0 Å². The van der Waals surface area contributed by atoms with Gasteiger partial charge in [0.15, 0.2) is 5.16 Å². The fourth-order valence-corrected chi connectivity index (χ4v) is 6.26. The first kappa shape index (κ1) is 19.5. The molecule has 1 aliphatic carbocycles. The molecule has 1 aromatic carbocycles. The summed E-state index contributed by atoms with van der Waals surface area (Å²) in [5, 5.41) is 0.925. The average molecular weight is 411 g/mol. The van der Waals surface area contributed by atoms with Crippen LogP contribution in [0.2, 0.25) is 0 Å². The number of rotatable bonds is 5. The lowest BCUT2D eigenvalue weighted by molar-refractivity contribution is 0.692. The molecule has 0 fully saturated rings. The molecule has 0 amide bonds. The van der Waals surface area contributed by atoms with Gasteiger partial charge in [0.2, 0.25) is 5.43 Å². The van der Waals surface area contributed by atoms with Crippen LogP contribution in [-0.4, -0.2) is 9.55 Å². The van der Waals surface area contributed by atoms with Gasteiger partial charge in [-0.15, -0.1) is 11.3 Å². The van der Waals surface area contributed by atoms with Gasteiger partial charge in [-0.2, -0.15) is 0 Å². The van der Waals surface area contributed by atoms with Gasteiger partial charge in [0.25, 0.3) is 0 Å². The van der Waals surface area contributed by atoms with E-state index in [4.69, 9.17) is 4.98 Å². The Bertz CT molecular complexity index is 1120. The number of hydrogen-bond acceptors (Lipinski definition) is 4. The molecule has 0 radical (unpaired) electrons. The van der Waals surface area contributed by atoms with Crippen molar-refractivity contribution < 1.29 is 0 Å². The minimum atomic E-state index is 0.150. The minimum Gasteiger partial charge on any atom is -0.306 e. The second kappa shape index (κ2) is 7.88. The summed E-state index contributed by atoms with van der Waals surface area (Å²) >= 11 is 3.48. The maximum Gasteiger partial charge on any atom is 0.211 e. The summed E-state index contributed by atoms with van der Waals surface area (Å²) in [6, 6.07) is 6.58. The van der Waals surface area contributed by atoms with Gasteiger partial charge in [-0.25, -0.2) is 4.98 Å². The Kier molecular flexibility index (Phi) is 5.48. The molecule has 0 unspecified atom stereocenters. The summed E-state index contributed by atoms with van der Waals surface area (Å²) in [5.41, 5.74) is 6.78. The van der Waals surface area contributed by atoms with Gasteiger partial charge in [0.1, 0.15) is 10.3 Å². The normalized spacial score (nSPS) is 13.7. The molecule has 0 N–H and O–H groups in total. The number of aromatic nitrogens is 2. The molecule has 5 heteroatoms. The molecule has 0 saturated heterocycles. The number of thioether (sulfide) groups is 1. The van der Waals surface area contributed by atoms with Gasteiger partial charge < -0.3 is 4.57 Å².